The number of hydrogen-bond donors (Lipinski definition) is 0. The number of halogens is 3. The molecule has 0 spiro atoms. The number of nitrogens with zero attached hydrogens (tertiary/aromatic N) is 1. The highest BCUT2D eigenvalue weighted by Gasteiger charge is 2.27. The van der Waals surface area contributed by atoms with Crippen LogP contribution in [0.25, 0.3) is 0 Å². The van der Waals surface area contributed by atoms with Crippen molar-refractivity contribution in [3.63, 3.8) is 0 Å². The summed E-state index contributed by atoms with van der Waals surface area (Å²) in [5, 5.41) is 0. The quantitative estimate of drug-likeness (QED) is 0.626. The maximum atomic E-state index is 13.5. The van der Waals surface area contributed by atoms with Crippen LogP contribution in [0.5, 0.6) is 0 Å². The van der Waals surface area contributed by atoms with Gasteiger partial charge in [-0.05, 0) is 72.6 Å². The van der Waals surface area contributed by atoms with E-state index >= 15 is 0 Å². The zero-order valence-corrected chi connectivity index (χ0v) is 15.2. The zero-order valence-electron chi connectivity index (χ0n) is 14.4. The van der Waals surface area contributed by atoms with Crippen LogP contribution in [-0.2, 0) is 16.6 Å². The molecule has 0 amide bonds. The third-order valence-electron chi connectivity index (χ3n) is 4.03. The van der Waals surface area contributed by atoms with E-state index in [0.717, 1.165) is 28.6 Å². The Morgan fingerprint density at radius 1 is 0.815 bits per heavy atom. The highest BCUT2D eigenvalue weighted by Crippen LogP contribution is 2.28. The largest absolute Gasteiger partial charge is 0.264 e. The Hall–Kier alpha value is -2.80. The lowest BCUT2D eigenvalue weighted by Gasteiger charge is -2.25. The van der Waals surface area contributed by atoms with Crippen molar-refractivity contribution in [3.8, 4) is 0 Å². The molecule has 7 heteroatoms. The molecule has 0 atom stereocenters. The van der Waals surface area contributed by atoms with E-state index in [9.17, 15) is 21.6 Å². The molecule has 0 unspecified atom stereocenters. The van der Waals surface area contributed by atoms with Crippen molar-refractivity contribution in [1.82, 2.24) is 0 Å². The lowest BCUT2D eigenvalue weighted by molar-refractivity contribution is 0.587. The van der Waals surface area contributed by atoms with Gasteiger partial charge in [0.05, 0.1) is 17.1 Å². The van der Waals surface area contributed by atoms with Gasteiger partial charge in [-0.3, -0.25) is 4.31 Å². The van der Waals surface area contributed by atoms with Gasteiger partial charge in [0, 0.05) is 0 Å². The third-order valence-corrected chi connectivity index (χ3v) is 5.97. The fraction of sp³-hybridized carbons (Fsp3) is 0.100. The first-order valence-corrected chi connectivity index (χ1v) is 9.50. The van der Waals surface area contributed by atoms with Gasteiger partial charge in [0.2, 0.25) is 0 Å². The molecule has 3 aromatic rings. The summed E-state index contributed by atoms with van der Waals surface area (Å²) in [6, 6.07) is 13.8. The summed E-state index contributed by atoms with van der Waals surface area (Å²) in [7, 11) is -4.10. The van der Waals surface area contributed by atoms with Crippen LogP contribution in [0.2, 0.25) is 0 Å². The molecule has 140 valence electrons. The molecule has 0 radical (unpaired) electrons. The smallest absolute Gasteiger partial charge is 0.262 e. The van der Waals surface area contributed by atoms with Crippen molar-refractivity contribution in [1.29, 1.82) is 0 Å². The number of sulfonamides is 1. The number of benzene rings is 3. The Kier molecular flexibility index (Phi) is 5.23. The van der Waals surface area contributed by atoms with Gasteiger partial charge < -0.3 is 0 Å². The second-order valence-corrected chi connectivity index (χ2v) is 7.86. The number of rotatable bonds is 5. The number of hydrogen-bond acceptors (Lipinski definition) is 2. The Morgan fingerprint density at radius 3 is 2.07 bits per heavy atom. The van der Waals surface area contributed by atoms with Crippen LogP contribution in [-0.4, -0.2) is 8.42 Å². The SMILES string of the molecule is Cc1cc(F)ccc1S(=O)(=O)N(Cc1cccc(F)c1)c1ccc(F)cc1. The van der Waals surface area contributed by atoms with E-state index < -0.39 is 27.5 Å². The molecule has 0 N–H and O–H groups in total. The standard InChI is InChI=1S/C20H16F3NO2S/c1-14-11-18(23)7-10-20(14)27(25,26)24(19-8-5-16(21)6-9-19)13-15-3-2-4-17(22)12-15/h2-12H,13H2,1H3. The van der Waals surface area contributed by atoms with E-state index in [1.165, 1.54) is 43.3 Å². The first-order chi connectivity index (χ1) is 12.8. The van der Waals surface area contributed by atoms with Gasteiger partial charge in [0.25, 0.3) is 10.0 Å². The van der Waals surface area contributed by atoms with Crippen molar-refractivity contribution in [2.24, 2.45) is 0 Å². The maximum Gasteiger partial charge on any atom is 0.264 e. The fourth-order valence-corrected chi connectivity index (χ4v) is 4.41. The Labute approximate surface area is 155 Å². The van der Waals surface area contributed by atoms with Crippen LogP contribution in [0.3, 0.4) is 0 Å². The second-order valence-electron chi connectivity index (χ2n) is 6.03. The summed E-state index contributed by atoms with van der Waals surface area (Å²) in [5.41, 5.74) is 0.869. The molecule has 27 heavy (non-hydrogen) atoms. The first kappa shape index (κ1) is 19.0. The van der Waals surface area contributed by atoms with Gasteiger partial charge in [0.1, 0.15) is 17.5 Å². The molecule has 0 heterocycles. The van der Waals surface area contributed by atoms with Gasteiger partial charge >= 0.3 is 0 Å². The average Bonchev–Trinajstić information content (AvgIpc) is 2.60. The van der Waals surface area contributed by atoms with Crippen molar-refractivity contribution >= 4 is 15.7 Å². The van der Waals surface area contributed by atoms with Crippen molar-refractivity contribution in [2.75, 3.05) is 4.31 Å². The Balaban J connectivity index is 2.11. The van der Waals surface area contributed by atoms with Gasteiger partial charge in [-0.15, -0.1) is 0 Å². The normalized spacial score (nSPS) is 11.4. The molecule has 0 saturated carbocycles. The topological polar surface area (TPSA) is 37.4 Å². The molecule has 0 saturated heterocycles. The Bertz CT molecular complexity index is 1070. The molecule has 0 fully saturated rings. The highest BCUT2D eigenvalue weighted by atomic mass is 32.2. The molecule has 0 bridgehead atoms. The monoisotopic (exact) mass is 391 g/mol. The van der Waals surface area contributed by atoms with Crippen LogP contribution in [0.15, 0.2) is 71.6 Å². The summed E-state index contributed by atoms with van der Waals surface area (Å²) in [5.74, 6) is -1.56. The number of anilines is 1. The lowest BCUT2D eigenvalue weighted by Crippen LogP contribution is -2.31. The van der Waals surface area contributed by atoms with Crippen molar-refractivity contribution < 1.29 is 21.6 Å². The lowest BCUT2D eigenvalue weighted by atomic mass is 10.2. The van der Waals surface area contributed by atoms with E-state index in [0.29, 0.717) is 5.56 Å². The summed E-state index contributed by atoms with van der Waals surface area (Å²) in [4.78, 5) is -0.0790. The van der Waals surface area contributed by atoms with Crippen LogP contribution in [0, 0.1) is 24.4 Å². The maximum absolute atomic E-state index is 13.5. The number of aryl methyl sites for hydroxylation is 1. The van der Waals surface area contributed by atoms with Gasteiger partial charge in [-0.2, -0.15) is 0 Å². The summed E-state index contributed by atoms with van der Waals surface area (Å²) < 4.78 is 67.8. The van der Waals surface area contributed by atoms with Gasteiger partial charge in [-0.25, -0.2) is 21.6 Å². The predicted octanol–water partition coefficient (Wildman–Crippen LogP) is 4.81. The van der Waals surface area contributed by atoms with Crippen LogP contribution < -0.4 is 4.31 Å². The van der Waals surface area contributed by atoms with Crippen molar-refractivity contribution in [2.45, 2.75) is 18.4 Å². The van der Waals surface area contributed by atoms with E-state index in [1.54, 1.807) is 6.07 Å². The molecular formula is C20H16F3NO2S. The van der Waals surface area contributed by atoms with E-state index in [4.69, 9.17) is 0 Å². The molecular weight excluding hydrogens is 375 g/mol. The molecule has 3 nitrogen and oxygen atoms in total. The zero-order chi connectivity index (χ0) is 19.6. The van der Waals surface area contributed by atoms with E-state index in [1.807, 2.05) is 0 Å². The van der Waals surface area contributed by atoms with Gasteiger partial charge in [-0.1, -0.05) is 12.1 Å². The fourth-order valence-electron chi connectivity index (χ4n) is 2.74. The van der Waals surface area contributed by atoms with E-state index in [-0.39, 0.29) is 22.7 Å². The molecule has 3 rings (SSSR count). The Morgan fingerprint density at radius 2 is 1.44 bits per heavy atom. The molecule has 0 aliphatic carbocycles. The molecule has 0 aliphatic rings. The summed E-state index contributed by atoms with van der Waals surface area (Å²) >= 11 is 0. The average molecular weight is 391 g/mol. The summed E-state index contributed by atoms with van der Waals surface area (Å²) in [6.07, 6.45) is 0. The van der Waals surface area contributed by atoms with Gasteiger partial charge in [0.15, 0.2) is 0 Å². The minimum Gasteiger partial charge on any atom is -0.262 e. The third kappa shape index (κ3) is 4.14. The van der Waals surface area contributed by atoms with Crippen LogP contribution >= 0.6 is 0 Å². The molecule has 0 aliphatic heterocycles. The molecule has 0 aromatic heterocycles. The predicted molar refractivity (Wildman–Crippen MR) is 97.3 cm³/mol. The highest BCUT2D eigenvalue weighted by molar-refractivity contribution is 7.92. The van der Waals surface area contributed by atoms with Crippen LogP contribution in [0.4, 0.5) is 18.9 Å². The minimum absolute atomic E-state index is 0.0790. The van der Waals surface area contributed by atoms with Crippen molar-refractivity contribution in [3.05, 3.63) is 95.3 Å². The summed E-state index contributed by atoms with van der Waals surface area (Å²) in [6.45, 7) is 1.32. The van der Waals surface area contributed by atoms with E-state index in [2.05, 4.69) is 0 Å². The molecule has 3 aromatic carbocycles. The minimum atomic E-state index is -4.10. The second kappa shape index (κ2) is 7.44. The first-order valence-electron chi connectivity index (χ1n) is 8.06. The van der Waals surface area contributed by atoms with Crippen LogP contribution in [0.1, 0.15) is 11.1 Å².